The van der Waals surface area contributed by atoms with Gasteiger partial charge in [0.15, 0.2) is 0 Å². The van der Waals surface area contributed by atoms with E-state index in [4.69, 9.17) is 24.7 Å². The molecule has 0 N–H and O–H groups in total. The number of pyridine rings is 5. The largest absolute Gasteiger partial charge is 3.00 e. The number of rotatable bonds is 6. The predicted octanol–water partition coefficient (Wildman–Crippen LogP) is 24.6. The maximum absolute atomic E-state index is 5.25. The normalized spacial score (nSPS) is 10.0. The monoisotopic (exact) mass is 2440 g/mol. The van der Waals surface area contributed by atoms with Gasteiger partial charge >= 0.3 is 101 Å². The van der Waals surface area contributed by atoms with Crippen molar-refractivity contribution in [2.75, 3.05) is 32.4 Å². The molecule has 0 atom stereocenters. The molecule has 116 heavy (non-hydrogen) atoms. The van der Waals surface area contributed by atoms with Crippen molar-refractivity contribution in [2.45, 2.75) is 24.8 Å². The number of hydrogen-bond acceptors (Lipinski definition) is 8. The van der Waals surface area contributed by atoms with Crippen LogP contribution in [0.4, 0.5) is 5.82 Å². The fraction of sp³-hybridized carbons (Fsp3) is 0.0714. The summed E-state index contributed by atoms with van der Waals surface area (Å²) < 4.78 is 16.0. The maximum Gasteiger partial charge on any atom is 3.00 e. The molecule has 0 unspecified atom stereocenters. The molecule has 0 aliphatic heterocycles. The average Bonchev–Trinajstić information content (AvgIpc) is 1.59. The first-order valence-electron chi connectivity index (χ1n) is 33.6. The summed E-state index contributed by atoms with van der Waals surface area (Å²) in [5.41, 5.74) is 14.2. The standard InChI is InChI=1S/C22H15N2.C17H14N3.C17H13N2.C16H11N2O.C16H11N2S.10CH3.5Ir/c1-2-8-16(9-3-1)14-17-15-24-21-13-7-6-11-19(21)18-10-4-5-12-20(18)22(24)23-17;1-19(2)16-11-20-15-10-6-5-8-13(15)12-7-3-4-9-14(12)17(20)18-16;1-2-12-11-19-16-10-6-5-8-14(16)13-7-3-4-9-15(13)17(19)18-12;2*1-19-15-10-18-14-9-5-4-7-12(14)11-6-2-3-8-13(11)16(18)17-15;;;;;;;;;;;;;;;/h1-11,13,15H,14H2;3-8,10-11H,1-2H3;3-8,10-11H,2H2,1H3;2*2-7,9-10H,1H3;10*1H3;;;;;/q15*-1;5*+3. The van der Waals surface area contributed by atoms with Crippen molar-refractivity contribution in [3.63, 3.8) is 0 Å². The second kappa shape index (κ2) is 44.8. The van der Waals surface area contributed by atoms with Crippen molar-refractivity contribution in [2.24, 2.45) is 0 Å². The van der Waals surface area contributed by atoms with Gasteiger partial charge in [0.1, 0.15) is 10.8 Å². The topological polar surface area (TPSA) is 99.0 Å². The SMILES string of the molecule is CCc1cn2c3ccccc3c3ccc[c-]c3c2n1.CN(C)c1cn2c3ccccc3c3ccc[c-]c3c2n1.COc1cn2c3ccccc3c3ccc[c-]c3c2n1.CSc1cn2c3ccccc3c3ccc[c-]c3c2n1.[CH3-].[CH3-].[CH3-].[CH3-].[CH3-].[CH3-].[CH3-].[CH3-].[CH3-].[CH3-].[Ir+3].[Ir+3].[Ir+3].[Ir+3].[Ir+3].[c-]1cccc2c1c1nc(Cc3ccccc3)cn1c1ccccc21. The van der Waals surface area contributed by atoms with Gasteiger partial charge in [-0.3, -0.25) is 19.9 Å². The Kier molecular flexibility index (Phi) is 39.7. The van der Waals surface area contributed by atoms with E-state index in [2.05, 4.69) is 265 Å². The molecule has 0 spiro atoms. The van der Waals surface area contributed by atoms with E-state index in [0.29, 0.717) is 5.88 Å². The third-order valence-electron chi connectivity index (χ3n) is 18.7. The van der Waals surface area contributed by atoms with E-state index in [1.807, 2.05) is 98.0 Å². The Morgan fingerprint density at radius 3 is 0.948 bits per heavy atom. The summed E-state index contributed by atoms with van der Waals surface area (Å²) in [6, 6.07) is 99.8. The second-order valence-corrected chi connectivity index (χ2v) is 25.7. The van der Waals surface area contributed by atoms with Crippen molar-refractivity contribution < 1.29 is 105 Å². The number of anilines is 1. The van der Waals surface area contributed by atoms with Gasteiger partial charge in [-0.25, -0.2) is 4.98 Å². The average molecular weight is 2440 g/mol. The molecule has 598 valence electrons. The number of imidazole rings is 5. The van der Waals surface area contributed by atoms with Crippen LogP contribution in [0.2, 0.25) is 0 Å². The van der Waals surface area contributed by atoms with Gasteiger partial charge in [-0.05, 0) is 75.5 Å². The quantitative estimate of drug-likeness (QED) is 0.0922. The van der Waals surface area contributed by atoms with Gasteiger partial charge in [0.05, 0.1) is 47.2 Å². The maximum atomic E-state index is 5.25. The van der Waals surface area contributed by atoms with Crippen LogP contribution in [0.5, 0.6) is 5.88 Å². The fourth-order valence-corrected chi connectivity index (χ4v) is 14.4. The van der Waals surface area contributed by atoms with Crippen LogP contribution >= 0.6 is 11.8 Å². The number of fused-ring (bicyclic) bond motifs is 30. The van der Waals surface area contributed by atoms with E-state index in [1.165, 1.54) is 81.5 Å². The molecule has 0 aliphatic carbocycles. The van der Waals surface area contributed by atoms with E-state index in [1.54, 1.807) is 18.9 Å². The number of para-hydroxylation sites is 5. The smallest absolute Gasteiger partial charge is 0.480 e. The number of aryl methyl sites for hydroxylation is 1. The molecule has 11 aromatic carbocycles. The first-order valence-corrected chi connectivity index (χ1v) is 34.8. The van der Waals surface area contributed by atoms with Gasteiger partial charge in [0.2, 0.25) is 5.88 Å². The number of aromatic nitrogens is 10. The van der Waals surface area contributed by atoms with Crippen LogP contribution in [0.1, 0.15) is 23.9 Å². The molecule has 12 nitrogen and oxygen atoms in total. The number of benzene rings is 11. The van der Waals surface area contributed by atoms with E-state index in [-0.39, 0.29) is 175 Å². The van der Waals surface area contributed by atoms with E-state index in [0.717, 1.165) is 95.8 Å². The molecule has 0 bridgehead atoms. The summed E-state index contributed by atoms with van der Waals surface area (Å²) >= 11 is 1.67. The van der Waals surface area contributed by atoms with Gasteiger partial charge in [-0.2, -0.15) is 0 Å². The van der Waals surface area contributed by atoms with Crippen LogP contribution < -0.4 is 9.64 Å². The van der Waals surface area contributed by atoms with Crippen molar-refractivity contribution in [1.29, 1.82) is 0 Å². The summed E-state index contributed by atoms with van der Waals surface area (Å²) in [5.74, 6) is 1.58. The molecule has 0 amide bonds. The minimum atomic E-state index is 0. The summed E-state index contributed by atoms with van der Waals surface area (Å²) in [5, 5.41) is 18.5. The van der Waals surface area contributed by atoms with Crippen molar-refractivity contribution in [3.05, 3.63) is 395 Å². The Labute approximate surface area is 757 Å². The minimum Gasteiger partial charge on any atom is -0.480 e. The molecule has 0 radical (unpaired) electrons. The molecule has 10 heterocycles. The minimum absolute atomic E-state index is 0. The Morgan fingerprint density at radius 2 is 0.603 bits per heavy atom. The van der Waals surface area contributed by atoms with Crippen LogP contribution in [0.15, 0.2) is 279 Å². The summed E-state index contributed by atoms with van der Waals surface area (Å²) in [6.45, 7) is 2.13. The Hall–Kier alpha value is -9.33. The zero-order chi connectivity index (χ0) is 68.1. The van der Waals surface area contributed by atoms with Crippen molar-refractivity contribution in [3.8, 4) is 5.88 Å². The van der Waals surface area contributed by atoms with Gasteiger partial charge in [-0.1, -0.05) is 155 Å². The van der Waals surface area contributed by atoms with Gasteiger partial charge in [0, 0.05) is 78.6 Å². The Morgan fingerprint density at radius 1 is 0.319 bits per heavy atom. The number of methoxy groups -OCH3 is 1. The zero-order valence-electron chi connectivity index (χ0n) is 67.8. The van der Waals surface area contributed by atoms with Crippen LogP contribution in [0.25, 0.3) is 137 Å². The molecule has 21 aromatic rings. The van der Waals surface area contributed by atoms with E-state index in [9.17, 15) is 0 Å². The fourth-order valence-electron chi connectivity index (χ4n) is 14.0. The van der Waals surface area contributed by atoms with Crippen molar-refractivity contribution in [1.82, 2.24) is 46.9 Å². The molecular weight excluding hydrogens is 2340 g/mol. The molecule has 0 saturated heterocycles. The summed E-state index contributed by atoms with van der Waals surface area (Å²) in [4.78, 5) is 25.7. The zero-order valence-corrected chi connectivity index (χ0v) is 80.6. The summed E-state index contributed by atoms with van der Waals surface area (Å²) in [6.07, 6.45) is 14.2. The first kappa shape index (κ1) is 103. The van der Waals surface area contributed by atoms with E-state index >= 15 is 0 Å². The van der Waals surface area contributed by atoms with Crippen molar-refractivity contribution >= 4 is 154 Å². The molecule has 10 aromatic heterocycles. The second-order valence-electron chi connectivity index (χ2n) is 24.9. The number of hydrogen-bond donors (Lipinski definition) is 0. The number of thioether (sulfide) groups is 1. The van der Waals surface area contributed by atoms with Gasteiger partial charge in [0.25, 0.3) is 0 Å². The van der Waals surface area contributed by atoms with Crippen LogP contribution in [-0.4, -0.2) is 74.4 Å². The molecule has 0 fully saturated rings. The molecule has 21 rings (SSSR count). The van der Waals surface area contributed by atoms with Crippen LogP contribution in [0, 0.1) is 105 Å². The Bertz CT molecular complexity index is 6010. The van der Waals surface area contributed by atoms with Crippen LogP contribution in [0.3, 0.4) is 0 Å². The molecule has 0 saturated carbocycles. The van der Waals surface area contributed by atoms with E-state index < -0.39 is 0 Å². The third-order valence-corrected chi connectivity index (χ3v) is 19.3. The Balaban J connectivity index is 0.000000477. The molecule has 18 heteroatoms. The third kappa shape index (κ3) is 19.1. The van der Waals surface area contributed by atoms with Gasteiger partial charge < -0.3 is 106 Å². The predicted molar refractivity (Wildman–Crippen MR) is 481 cm³/mol. The molecular formula is C98H94Ir5N11OS. The van der Waals surface area contributed by atoms with Crippen LogP contribution in [-0.2, 0) is 113 Å². The number of ether oxygens (including phenoxy) is 1. The number of nitrogens with zero attached hydrogens (tertiary/aromatic N) is 11. The van der Waals surface area contributed by atoms with Gasteiger partial charge in [-0.15, -0.1) is 160 Å². The first-order chi connectivity index (χ1) is 49.8. The summed E-state index contributed by atoms with van der Waals surface area (Å²) in [7, 11) is 5.65. The molecule has 0 aliphatic rings.